The molecule has 4 nitrogen and oxygen atoms in total. The summed E-state index contributed by atoms with van der Waals surface area (Å²) in [5.74, 6) is 0. The fraction of sp³-hybridized carbons (Fsp3) is 1.00. The highest BCUT2D eigenvalue weighted by atomic mass is 16.3. The molecule has 2 rings (SSSR count). The van der Waals surface area contributed by atoms with E-state index < -0.39 is 5.60 Å². The van der Waals surface area contributed by atoms with Crippen molar-refractivity contribution in [1.29, 1.82) is 0 Å². The molecule has 1 saturated heterocycles. The van der Waals surface area contributed by atoms with Crippen LogP contribution in [0.5, 0.6) is 0 Å². The zero-order valence-electron chi connectivity index (χ0n) is 12.1. The number of nitrogens with zero attached hydrogens (tertiary/aromatic N) is 1. The molecule has 4 heteroatoms. The van der Waals surface area contributed by atoms with Gasteiger partial charge in [0.05, 0.1) is 12.2 Å². The van der Waals surface area contributed by atoms with Gasteiger partial charge in [0, 0.05) is 19.1 Å². The van der Waals surface area contributed by atoms with Crippen molar-refractivity contribution < 1.29 is 10.2 Å². The lowest BCUT2D eigenvalue weighted by molar-refractivity contribution is -0.000383. The third-order valence-electron chi connectivity index (χ3n) is 4.65. The first-order valence-electron chi connectivity index (χ1n) is 8.01. The zero-order chi connectivity index (χ0) is 13.6. The number of nitrogens with one attached hydrogen (secondary N) is 1. The number of aliphatic hydroxyl groups is 2. The molecule has 19 heavy (non-hydrogen) atoms. The molecule has 3 N–H and O–H groups in total. The first-order chi connectivity index (χ1) is 9.22. The minimum Gasteiger partial charge on any atom is -0.395 e. The molecule has 0 spiro atoms. The highest BCUT2D eigenvalue weighted by Gasteiger charge is 2.29. The smallest absolute Gasteiger partial charge is 0.0771 e. The van der Waals surface area contributed by atoms with Crippen LogP contribution in [0, 0.1) is 0 Å². The standard InChI is InChI=1S/C15H30N2O2/c18-12-14(11-17-9-5-2-6-10-17)16-13-15(19)7-3-1-4-8-15/h14,16,18-19H,1-13H2. The van der Waals surface area contributed by atoms with Crippen LogP contribution in [-0.4, -0.2) is 59.5 Å². The zero-order valence-corrected chi connectivity index (χ0v) is 12.1. The summed E-state index contributed by atoms with van der Waals surface area (Å²) in [4.78, 5) is 2.43. The van der Waals surface area contributed by atoms with Crippen molar-refractivity contribution in [1.82, 2.24) is 10.2 Å². The maximum Gasteiger partial charge on any atom is 0.0771 e. The molecule has 0 bridgehead atoms. The average Bonchev–Trinajstić information content (AvgIpc) is 2.45. The Bertz CT molecular complexity index is 249. The highest BCUT2D eigenvalue weighted by molar-refractivity contribution is 4.86. The maximum atomic E-state index is 10.5. The normalized spacial score (nSPS) is 26.2. The van der Waals surface area contributed by atoms with Gasteiger partial charge < -0.3 is 20.4 Å². The maximum absolute atomic E-state index is 10.5. The summed E-state index contributed by atoms with van der Waals surface area (Å²) in [6, 6.07) is 0.101. The number of likely N-dealkylation sites (tertiary alicyclic amines) is 1. The average molecular weight is 270 g/mol. The first-order valence-corrected chi connectivity index (χ1v) is 8.01. The molecule has 2 fully saturated rings. The molecule has 1 aliphatic heterocycles. The fourth-order valence-electron chi connectivity index (χ4n) is 3.36. The predicted molar refractivity (Wildman–Crippen MR) is 77.2 cm³/mol. The van der Waals surface area contributed by atoms with Crippen LogP contribution in [0.2, 0.25) is 0 Å². The number of aliphatic hydroxyl groups excluding tert-OH is 1. The second kappa shape index (κ2) is 7.58. The van der Waals surface area contributed by atoms with Gasteiger partial charge in [-0.25, -0.2) is 0 Å². The van der Waals surface area contributed by atoms with Crippen LogP contribution in [0.4, 0.5) is 0 Å². The van der Waals surface area contributed by atoms with Gasteiger partial charge in [-0.3, -0.25) is 0 Å². The molecular weight excluding hydrogens is 240 g/mol. The monoisotopic (exact) mass is 270 g/mol. The topological polar surface area (TPSA) is 55.7 Å². The van der Waals surface area contributed by atoms with E-state index in [1.54, 1.807) is 0 Å². The van der Waals surface area contributed by atoms with Crippen LogP contribution in [0.3, 0.4) is 0 Å². The van der Waals surface area contributed by atoms with E-state index >= 15 is 0 Å². The largest absolute Gasteiger partial charge is 0.395 e. The summed E-state index contributed by atoms with van der Waals surface area (Å²) in [5.41, 5.74) is -0.534. The van der Waals surface area contributed by atoms with Crippen LogP contribution in [-0.2, 0) is 0 Å². The number of hydrogen-bond acceptors (Lipinski definition) is 4. The molecule has 0 aromatic rings. The Labute approximate surface area is 117 Å². The number of piperidine rings is 1. The van der Waals surface area contributed by atoms with E-state index in [9.17, 15) is 10.2 Å². The van der Waals surface area contributed by atoms with Crippen molar-refractivity contribution in [2.24, 2.45) is 0 Å². The minimum atomic E-state index is -0.534. The van der Waals surface area contributed by atoms with Gasteiger partial charge >= 0.3 is 0 Å². The summed E-state index contributed by atoms with van der Waals surface area (Å²) in [6.07, 6.45) is 9.23. The van der Waals surface area contributed by atoms with Crippen molar-refractivity contribution in [3.05, 3.63) is 0 Å². The van der Waals surface area contributed by atoms with Crippen LogP contribution in [0.15, 0.2) is 0 Å². The van der Waals surface area contributed by atoms with Crippen LogP contribution >= 0.6 is 0 Å². The van der Waals surface area contributed by atoms with E-state index in [-0.39, 0.29) is 12.6 Å². The van der Waals surface area contributed by atoms with Gasteiger partial charge in [0.15, 0.2) is 0 Å². The molecule has 0 radical (unpaired) electrons. The minimum absolute atomic E-state index is 0.101. The number of hydrogen-bond donors (Lipinski definition) is 3. The molecule has 1 heterocycles. The molecule has 1 saturated carbocycles. The van der Waals surface area contributed by atoms with Crippen molar-refractivity contribution in [2.45, 2.75) is 63.0 Å². The van der Waals surface area contributed by atoms with E-state index in [0.717, 1.165) is 45.3 Å². The predicted octanol–water partition coefficient (Wildman–Crippen LogP) is 1.12. The quantitative estimate of drug-likeness (QED) is 0.677. The molecule has 0 aromatic carbocycles. The lowest BCUT2D eigenvalue weighted by atomic mass is 9.85. The van der Waals surface area contributed by atoms with E-state index in [1.807, 2.05) is 0 Å². The third kappa shape index (κ3) is 5.03. The Balaban J connectivity index is 1.71. The lowest BCUT2D eigenvalue weighted by Gasteiger charge is -2.35. The van der Waals surface area contributed by atoms with Crippen molar-refractivity contribution in [3.63, 3.8) is 0 Å². The summed E-state index contributed by atoms with van der Waals surface area (Å²) < 4.78 is 0. The first kappa shape index (κ1) is 15.2. The van der Waals surface area contributed by atoms with Gasteiger partial charge in [-0.2, -0.15) is 0 Å². The van der Waals surface area contributed by atoms with Gasteiger partial charge in [0.2, 0.25) is 0 Å². The van der Waals surface area contributed by atoms with Gasteiger partial charge in [-0.1, -0.05) is 25.7 Å². The Morgan fingerprint density at radius 2 is 1.63 bits per heavy atom. The Kier molecular flexibility index (Phi) is 6.07. The summed E-state index contributed by atoms with van der Waals surface area (Å²) >= 11 is 0. The van der Waals surface area contributed by atoms with E-state index in [0.29, 0.717) is 6.54 Å². The van der Waals surface area contributed by atoms with E-state index in [1.165, 1.54) is 25.7 Å². The van der Waals surface area contributed by atoms with Crippen LogP contribution < -0.4 is 5.32 Å². The van der Waals surface area contributed by atoms with Gasteiger partial charge in [-0.15, -0.1) is 0 Å². The molecule has 1 unspecified atom stereocenters. The molecule has 1 atom stereocenters. The fourth-order valence-corrected chi connectivity index (χ4v) is 3.36. The van der Waals surface area contributed by atoms with E-state index in [4.69, 9.17) is 0 Å². The molecule has 0 aromatic heterocycles. The van der Waals surface area contributed by atoms with Crippen molar-refractivity contribution >= 4 is 0 Å². The highest BCUT2D eigenvalue weighted by Crippen LogP contribution is 2.27. The lowest BCUT2D eigenvalue weighted by Crippen LogP contribution is -2.51. The SMILES string of the molecule is OCC(CN1CCCCC1)NCC1(O)CCCCC1. The van der Waals surface area contributed by atoms with E-state index in [2.05, 4.69) is 10.2 Å². The second-order valence-electron chi connectivity index (χ2n) is 6.41. The van der Waals surface area contributed by atoms with Gasteiger partial charge in [-0.05, 0) is 38.8 Å². The summed E-state index contributed by atoms with van der Waals surface area (Å²) in [5, 5.41) is 23.3. The van der Waals surface area contributed by atoms with Crippen molar-refractivity contribution in [3.8, 4) is 0 Å². The van der Waals surface area contributed by atoms with Gasteiger partial charge in [0.25, 0.3) is 0 Å². The molecular formula is C15H30N2O2. The molecule has 1 aliphatic carbocycles. The Morgan fingerprint density at radius 1 is 1.00 bits per heavy atom. The van der Waals surface area contributed by atoms with Crippen molar-refractivity contribution in [2.75, 3.05) is 32.8 Å². The summed E-state index contributed by atoms with van der Waals surface area (Å²) in [6.45, 7) is 4.01. The Hall–Kier alpha value is -0.160. The Morgan fingerprint density at radius 3 is 2.26 bits per heavy atom. The molecule has 2 aliphatic rings. The summed E-state index contributed by atoms with van der Waals surface area (Å²) in [7, 11) is 0. The van der Waals surface area contributed by atoms with Crippen LogP contribution in [0.25, 0.3) is 0 Å². The second-order valence-corrected chi connectivity index (χ2v) is 6.41. The van der Waals surface area contributed by atoms with Crippen LogP contribution in [0.1, 0.15) is 51.4 Å². The number of rotatable bonds is 6. The third-order valence-corrected chi connectivity index (χ3v) is 4.65. The van der Waals surface area contributed by atoms with Gasteiger partial charge in [0.1, 0.15) is 0 Å². The molecule has 0 amide bonds. The molecule has 112 valence electrons.